The lowest BCUT2D eigenvalue weighted by molar-refractivity contribution is -0.118. The van der Waals surface area contributed by atoms with Gasteiger partial charge in [0.25, 0.3) is 5.91 Å². The van der Waals surface area contributed by atoms with Gasteiger partial charge in [-0.1, -0.05) is 6.07 Å². The predicted molar refractivity (Wildman–Crippen MR) is 103 cm³/mol. The molecule has 1 saturated heterocycles. The summed E-state index contributed by atoms with van der Waals surface area (Å²) in [5, 5.41) is 4.22. The number of benzene rings is 1. The molecule has 8 heteroatoms. The Balaban J connectivity index is 1.43. The Morgan fingerprint density at radius 3 is 2.64 bits per heavy atom. The summed E-state index contributed by atoms with van der Waals surface area (Å²) in [5.74, 6) is 0.720. The number of hydrogen-bond acceptors (Lipinski definition) is 4. The fourth-order valence-corrected chi connectivity index (χ4v) is 3.71. The molecular formula is C20H22N6O2. The Morgan fingerprint density at radius 1 is 1.11 bits per heavy atom. The van der Waals surface area contributed by atoms with Crippen molar-refractivity contribution in [2.24, 2.45) is 5.73 Å². The van der Waals surface area contributed by atoms with E-state index in [0.29, 0.717) is 18.7 Å². The van der Waals surface area contributed by atoms with Crippen LogP contribution in [0.2, 0.25) is 0 Å². The second kappa shape index (κ2) is 7.67. The first-order valence-corrected chi connectivity index (χ1v) is 9.30. The van der Waals surface area contributed by atoms with Gasteiger partial charge < -0.3 is 15.2 Å². The zero-order chi connectivity index (χ0) is 19.5. The van der Waals surface area contributed by atoms with Gasteiger partial charge in [0.05, 0.1) is 5.69 Å². The monoisotopic (exact) mass is 378 g/mol. The van der Waals surface area contributed by atoms with Crippen molar-refractivity contribution in [3.8, 4) is 5.69 Å². The summed E-state index contributed by atoms with van der Waals surface area (Å²) in [6, 6.07) is 9.34. The van der Waals surface area contributed by atoms with E-state index >= 15 is 0 Å². The summed E-state index contributed by atoms with van der Waals surface area (Å²) in [7, 11) is 0. The van der Waals surface area contributed by atoms with Crippen molar-refractivity contribution in [2.45, 2.75) is 25.3 Å². The van der Waals surface area contributed by atoms with Gasteiger partial charge in [0.1, 0.15) is 12.4 Å². The molecule has 2 aromatic heterocycles. The Labute approximate surface area is 162 Å². The normalized spacial score (nSPS) is 14.9. The van der Waals surface area contributed by atoms with Crippen LogP contribution in [0.15, 0.2) is 55.1 Å². The Morgan fingerprint density at radius 2 is 1.93 bits per heavy atom. The third kappa shape index (κ3) is 3.66. The van der Waals surface area contributed by atoms with Gasteiger partial charge in [-0.25, -0.2) is 9.67 Å². The van der Waals surface area contributed by atoms with Crippen molar-refractivity contribution in [2.75, 3.05) is 13.1 Å². The molecule has 2 amide bonds. The van der Waals surface area contributed by atoms with E-state index in [9.17, 15) is 9.59 Å². The number of amides is 2. The number of aromatic nitrogens is 4. The maximum absolute atomic E-state index is 12.9. The molecule has 4 rings (SSSR count). The smallest absolute Gasteiger partial charge is 0.253 e. The second-order valence-electron chi connectivity index (χ2n) is 6.95. The van der Waals surface area contributed by atoms with E-state index in [4.69, 9.17) is 5.73 Å². The molecule has 0 spiro atoms. The topological polar surface area (TPSA) is 99.0 Å². The van der Waals surface area contributed by atoms with Crippen LogP contribution in [0.3, 0.4) is 0 Å². The minimum absolute atomic E-state index is 0.0212. The summed E-state index contributed by atoms with van der Waals surface area (Å²) in [6.45, 7) is 1.44. The number of carbonyl (C=O) groups excluding carboxylic acids is 2. The molecule has 0 saturated carbocycles. The van der Waals surface area contributed by atoms with E-state index in [1.807, 2.05) is 41.4 Å². The molecule has 0 atom stereocenters. The molecular weight excluding hydrogens is 356 g/mol. The predicted octanol–water partition coefficient (Wildman–Crippen LogP) is 1.57. The molecule has 0 bridgehead atoms. The SMILES string of the molecule is NC(=O)Cn1ccnc1C1CCN(C(=O)c2cccc(-n3cccn3)c2)CC1. The van der Waals surface area contributed by atoms with Gasteiger partial charge >= 0.3 is 0 Å². The molecule has 0 radical (unpaired) electrons. The molecule has 0 unspecified atom stereocenters. The number of likely N-dealkylation sites (tertiary alicyclic amines) is 1. The van der Waals surface area contributed by atoms with E-state index < -0.39 is 0 Å². The molecule has 2 N–H and O–H groups in total. The molecule has 1 fully saturated rings. The summed E-state index contributed by atoms with van der Waals surface area (Å²) < 4.78 is 3.54. The van der Waals surface area contributed by atoms with Gasteiger partial charge in [0.15, 0.2) is 0 Å². The van der Waals surface area contributed by atoms with Crippen molar-refractivity contribution < 1.29 is 9.59 Å². The van der Waals surface area contributed by atoms with Crippen LogP contribution in [-0.2, 0) is 11.3 Å². The van der Waals surface area contributed by atoms with Gasteiger partial charge in [0.2, 0.25) is 5.91 Å². The number of primary amides is 1. The number of imidazole rings is 1. The summed E-state index contributed by atoms with van der Waals surface area (Å²) in [5.41, 5.74) is 6.82. The lowest BCUT2D eigenvalue weighted by Crippen LogP contribution is -2.38. The first-order chi connectivity index (χ1) is 13.6. The zero-order valence-electron chi connectivity index (χ0n) is 15.4. The molecule has 1 aliphatic rings. The summed E-state index contributed by atoms with van der Waals surface area (Å²) in [6.07, 6.45) is 8.64. The maximum Gasteiger partial charge on any atom is 0.253 e. The van der Waals surface area contributed by atoms with Crippen molar-refractivity contribution in [1.29, 1.82) is 0 Å². The highest BCUT2D eigenvalue weighted by Crippen LogP contribution is 2.28. The molecule has 0 aliphatic carbocycles. The van der Waals surface area contributed by atoms with Crippen molar-refractivity contribution >= 4 is 11.8 Å². The Kier molecular flexibility index (Phi) is 4.92. The van der Waals surface area contributed by atoms with Crippen LogP contribution in [0.1, 0.15) is 34.9 Å². The standard InChI is InChI=1S/C20H22N6O2/c21-18(27)14-25-12-8-22-19(25)15-5-10-24(11-6-15)20(28)16-3-1-4-17(13-16)26-9-2-7-23-26/h1-4,7-9,12-13,15H,5-6,10-11,14H2,(H2,21,27). The number of carbonyl (C=O) groups is 2. The lowest BCUT2D eigenvalue weighted by Gasteiger charge is -2.32. The molecule has 144 valence electrons. The van der Waals surface area contributed by atoms with Crippen molar-refractivity contribution in [1.82, 2.24) is 24.2 Å². The van der Waals surface area contributed by atoms with Crippen LogP contribution >= 0.6 is 0 Å². The Bertz CT molecular complexity index is 970. The fraction of sp³-hybridized carbons (Fsp3) is 0.300. The average Bonchev–Trinajstić information content (AvgIpc) is 3.39. The third-order valence-electron chi connectivity index (χ3n) is 5.08. The van der Waals surface area contributed by atoms with Gasteiger partial charge in [-0.15, -0.1) is 0 Å². The van der Waals surface area contributed by atoms with Crippen molar-refractivity contribution in [3.05, 3.63) is 66.5 Å². The largest absolute Gasteiger partial charge is 0.368 e. The molecule has 1 aromatic carbocycles. The molecule has 3 heterocycles. The van der Waals surface area contributed by atoms with Crippen LogP contribution in [0.4, 0.5) is 0 Å². The van der Waals surface area contributed by atoms with E-state index in [1.165, 1.54) is 0 Å². The summed E-state index contributed by atoms with van der Waals surface area (Å²) >= 11 is 0. The quantitative estimate of drug-likeness (QED) is 0.728. The molecule has 3 aromatic rings. The van der Waals surface area contributed by atoms with E-state index in [1.54, 1.807) is 27.8 Å². The molecule has 1 aliphatic heterocycles. The minimum Gasteiger partial charge on any atom is -0.368 e. The van der Waals surface area contributed by atoms with E-state index in [0.717, 1.165) is 24.4 Å². The van der Waals surface area contributed by atoms with Gasteiger partial charge in [-0.3, -0.25) is 9.59 Å². The first-order valence-electron chi connectivity index (χ1n) is 9.30. The zero-order valence-corrected chi connectivity index (χ0v) is 15.4. The van der Waals surface area contributed by atoms with Crippen LogP contribution in [0.25, 0.3) is 5.69 Å². The number of rotatable bonds is 5. The van der Waals surface area contributed by atoms with Gasteiger partial charge in [0, 0.05) is 49.4 Å². The fourth-order valence-electron chi connectivity index (χ4n) is 3.71. The summed E-state index contributed by atoms with van der Waals surface area (Å²) in [4.78, 5) is 30.4. The van der Waals surface area contributed by atoms with E-state index in [-0.39, 0.29) is 24.3 Å². The number of nitrogens with two attached hydrogens (primary N) is 1. The number of hydrogen-bond donors (Lipinski definition) is 1. The van der Waals surface area contributed by atoms with Crippen molar-refractivity contribution in [3.63, 3.8) is 0 Å². The average molecular weight is 378 g/mol. The third-order valence-corrected chi connectivity index (χ3v) is 5.08. The van der Waals surface area contributed by atoms with Crippen LogP contribution in [-0.4, -0.2) is 49.1 Å². The highest BCUT2D eigenvalue weighted by atomic mass is 16.2. The first kappa shape index (κ1) is 18.0. The maximum atomic E-state index is 12.9. The van der Waals surface area contributed by atoms with Crippen LogP contribution < -0.4 is 5.73 Å². The second-order valence-corrected chi connectivity index (χ2v) is 6.95. The highest BCUT2D eigenvalue weighted by Gasteiger charge is 2.27. The minimum atomic E-state index is -0.385. The number of nitrogens with zero attached hydrogens (tertiary/aromatic N) is 5. The highest BCUT2D eigenvalue weighted by molar-refractivity contribution is 5.94. The Hall–Kier alpha value is -3.42. The lowest BCUT2D eigenvalue weighted by atomic mass is 9.95. The van der Waals surface area contributed by atoms with Gasteiger partial charge in [-0.05, 0) is 37.1 Å². The van der Waals surface area contributed by atoms with Gasteiger partial charge in [-0.2, -0.15) is 5.10 Å². The number of piperidine rings is 1. The van der Waals surface area contributed by atoms with Crippen LogP contribution in [0, 0.1) is 0 Å². The molecule has 28 heavy (non-hydrogen) atoms. The van der Waals surface area contributed by atoms with E-state index in [2.05, 4.69) is 10.1 Å². The molecule has 8 nitrogen and oxygen atoms in total. The van der Waals surface area contributed by atoms with Crippen LogP contribution in [0.5, 0.6) is 0 Å².